The standard InChI is InChI=1S/C20H23NO3/c1-15(24-19-12-10-18(23-2)11-13-19)20(22)21(17-8-9-17)14-16-6-4-3-5-7-16/h3-7,10-13,15,17H,8-9,14H2,1-2H3. The van der Waals surface area contributed by atoms with Crippen molar-refractivity contribution in [3.05, 3.63) is 60.2 Å². The maximum atomic E-state index is 12.8. The number of carbonyl (C=O) groups excluding carboxylic acids is 1. The monoisotopic (exact) mass is 325 g/mol. The van der Waals surface area contributed by atoms with Gasteiger partial charge in [-0.3, -0.25) is 4.79 Å². The molecule has 0 spiro atoms. The Labute approximate surface area is 143 Å². The van der Waals surface area contributed by atoms with E-state index in [-0.39, 0.29) is 5.91 Å². The molecule has 1 saturated carbocycles. The molecule has 1 amide bonds. The zero-order chi connectivity index (χ0) is 16.9. The number of carbonyl (C=O) groups is 1. The van der Waals surface area contributed by atoms with Gasteiger partial charge >= 0.3 is 0 Å². The van der Waals surface area contributed by atoms with E-state index in [0.717, 1.165) is 24.2 Å². The van der Waals surface area contributed by atoms with E-state index in [1.807, 2.05) is 54.3 Å². The van der Waals surface area contributed by atoms with Gasteiger partial charge in [0.05, 0.1) is 7.11 Å². The number of benzene rings is 2. The number of hydrogen-bond donors (Lipinski definition) is 0. The van der Waals surface area contributed by atoms with Crippen molar-refractivity contribution >= 4 is 5.91 Å². The summed E-state index contributed by atoms with van der Waals surface area (Å²) in [4.78, 5) is 14.8. The van der Waals surface area contributed by atoms with Gasteiger partial charge in [-0.1, -0.05) is 30.3 Å². The van der Waals surface area contributed by atoms with Crippen LogP contribution in [-0.2, 0) is 11.3 Å². The molecule has 1 aliphatic rings. The minimum Gasteiger partial charge on any atom is -0.497 e. The first-order chi connectivity index (χ1) is 11.7. The summed E-state index contributed by atoms with van der Waals surface area (Å²) < 4.78 is 11.0. The number of ether oxygens (including phenoxy) is 2. The average molecular weight is 325 g/mol. The van der Waals surface area contributed by atoms with E-state index < -0.39 is 6.10 Å². The normalized spacial score (nSPS) is 14.8. The maximum Gasteiger partial charge on any atom is 0.263 e. The van der Waals surface area contributed by atoms with Crippen molar-refractivity contribution in [2.24, 2.45) is 0 Å². The van der Waals surface area contributed by atoms with Crippen LogP contribution in [0.5, 0.6) is 11.5 Å². The third-order valence-electron chi connectivity index (χ3n) is 4.19. The summed E-state index contributed by atoms with van der Waals surface area (Å²) in [7, 11) is 1.62. The fourth-order valence-electron chi connectivity index (χ4n) is 2.70. The second-order valence-corrected chi connectivity index (χ2v) is 6.12. The van der Waals surface area contributed by atoms with Crippen LogP contribution in [-0.4, -0.2) is 30.1 Å². The number of methoxy groups -OCH3 is 1. The molecule has 1 unspecified atom stereocenters. The lowest BCUT2D eigenvalue weighted by Crippen LogP contribution is -2.41. The molecule has 1 atom stereocenters. The molecule has 1 fully saturated rings. The van der Waals surface area contributed by atoms with Gasteiger partial charge in [0.25, 0.3) is 5.91 Å². The van der Waals surface area contributed by atoms with E-state index in [1.165, 1.54) is 0 Å². The molecule has 126 valence electrons. The van der Waals surface area contributed by atoms with Gasteiger partial charge in [0.1, 0.15) is 11.5 Å². The molecule has 0 aromatic heterocycles. The second-order valence-electron chi connectivity index (χ2n) is 6.12. The Morgan fingerprint density at radius 1 is 1.08 bits per heavy atom. The van der Waals surface area contributed by atoms with Crippen LogP contribution in [0.4, 0.5) is 0 Å². The molecule has 0 N–H and O–H groups in total. The van der Waals surface area contributed by atoms with E-state index in [4.69, 9.17) is 9.47 Å². The van der Waals surface area contributed by atoms with E-state index in [1.54, 1.807) is 7.11 Å². The number of rotatable bonds is 7. The fraction of sp³-hybridized carbons (Fsp3) is 0.350. The highest BCUT2D eigenvalue weighted by molar-refractivity contribution is 5.81. The lowest BCUT2D eigenvalue weighted by molar-refractivity contribution is -0.139. The molecule has 0 heterocycles. The molecule has 0 saturated heterocycles. The van der Waals surface area contributed by atoms with Gasteiger partial charge in [-0.25, -0.2) is 0 Å². The molecule has 0 radical (unpaired) electrons. The predicted octanol–water partition coefficient (Wildman–Crippen LogP) is 3.65. The third kappa shape index (κ3) is 4.07. The first-order valence-corrected chi connectivity index (χ1v) is 8.32. The summed E-state index contributed by atoms with van der Waals surface area (Å²) in [5.41, 5.74) is 1.15. The number of hydrogen-bond acceptors (Lipinski definition) is 3. The molecular formula is C20H23NO3. The quantitative estimate of drug-likeness (QED) is 0.780. The van der Waals surface area contributed by atoms with Crippen molar-refractivity contribution in [2.45, 2.75) is 38.5 Å². The Balaban J connectivity index is 1.65. The molecule has 0 aliphatic heterocycles. The highest BCUT2D eigenvalue weighted by Gasteiger charge is 2.35. The van der Waals surface area contributed by atoms with Crippen LogP contribution in [0.3, 0.4) is 0 Å². The summed E-state index contributed by atoms with van der Waals surface area (Å²) in [6, 6.07) is 17.7. The minimum atomic E-state index is -0.511. The van der Waals surface area contributed by atoms with Gasteiger partial charge < -0.3 is 14.4 Å². The Morgan fingerprint density at radius 3 is 2.29 bits per heavy atom. The molecule has 1 aliphatic carbocycles. The summed E-state index contributed by atoms with van der Waals surface area (Å²) in [6.07, 6.45) is 1.64. The number of amides is 1. The largest absolute Gasteiger partial charge is 0.497 e. The van der Waals surface area contributed by atoms with Crippen LogP contribution in [0.1, 0.15) is 25.3 Å². The highest BCUT2D eigenvalue weighted by Crippen LogP contribution is 2.29. The lowest BCUT2D eigenvalue weighted by Gasteiger charge is -2.26. The van der Waals surface area contributed by atoms with E-state index in [0.29, 0.717) is 18.3 Å². The molecule has 2 aromatic rings. The van der Waals surface area contributed by atoms with Crippen molar-refractivity contribution in [3.63, 3.8) is 0 Å². The second kappa shape index (κ2) is 7.39. The van der Waals surface area contributed by atoms with Crippen LogP contribution in [0.15, 0.2) is 54.6 Å². The van der Waals surface area contributed by atoms with Gasteiger partial charge in [0.15, 0.2) is 6.10 Å². The van der Waals surface area contributed by atoms with Crippen molar-refractivity contribution in [2.75, 3.05) is 7.11 Å². The Kier molecular flexibility index (Phi) is 5.04. The zero-order valence-electron chi connectivity index (χ0n) is 14.1. The third-order valence-corrected chi connectivity index (χ3v) is 4.19. The molecule has 3 rings (SSSR count). The summed E-state index contributed by atoms with van der Waals surface area (Å²) in [5, 5.41) is 0. The zero-order valence-corrected chi connectivity index (χ0v) is 14.1. The smallest absolute Gasteiger partial charge is 0.263 e. The Hall–Kier alpha value is -2.49. The summed E-state index contributed by atoms with van der Waals surface area (Å²) >= 11 is 0. The van der Waals surface area contributed by atoms with Gasteiger partial charge in [-0.15, -0.1) is 0 Å². The Morgan fingerprint density at radius 2 is 1.71 bits per heavy atom. The number of nitrogens with zero attached hydrogens (tertiary/aromatic N) is 1. The summed E-state index contributed by atoms with van der Waals surface area (Å²) in [6.45, 7) is 2.45. The van der Waals surface area contributed by atoms with Crippen LogP contribution in [0.25, 0.3) is 0 Å². The molecule has 4 heteroatoms. The van der Waals surface area contributed by atoms with E-state index in [2.05, 4.69) is 12.1 Å². The topological polar surface area (TPSA) is 38.8 Å². The van der Waals surface area contributed by atoms with Crippen LogP contribution >= 0.6 is 0 Å². The van der Waals surface area contributed by atoms with Crippen molar-refractivity contribution < 1.29 is 14.3 Å². The molecule has 24 heavy (non-hydrogen) atoms. The molecule has 0 bridgehead atoms. The average Bonchev–Trinajstić information content (AvgIpc) is 3.45. The van der Waals surface area contributed by atoms with Gasteiger partial charge in [0, 0.05) is 12.6 Å². The van der Waals surface area contributed by atoms with Crippen molar-refractivity contribution in [1.82, 2.24) is 4.90 Å². The van der Waals surface area contributed by atoms with Gasteiger partial charge in [-0.2, -0.15) is 0 Å². The maximum absolute atomic E-state index is 12.8. The van der Waals surface area contributed by atoms with Crippen molar-refractivity contribution in [1.29, 1.82) is 0 Å². The molecule has 2 aromatic carbocycles. The highest BCUT2D eigenvalue weighted by atomic mass is 16.5. The first kappa shape index (κ1) is 16.4. The van der Waals surface area contributed by atoms with E-state index >= 15 is 0 Å². The Bertz CT molecular complexity index is 665. The molecule has 4 nitrogen and oxygen atoms in total. The van der Waals surface area contributed by atoms with Crippen LogP contribution < -0.4 is 9.47 Å². The van der Waals surface area contributed by atoms with E-state index in [9.17, 15) is 4.79 Å². The van der Waals surface area contributed by atoms with Gasteiger partial charge in [-0.05, 0) is 49.6 Å². The van der Waals surface area contributed by atoms with Crippen LogP contribution in [0.2, 0.25) is 0 Å². The van der Waals surface area contributed by atoms with Crippen molar-refractivity contribution in [3.8, 4) is 11.5 Å². The lowest BCUT2D eigenvalue weighted by atomic mass is 10.2. The summed E-state index contributed by atoms with van der Waals surface area (Å²) in [5.74, 6) is 1.48. The van der Waals surface area contributed by atoms with Gasteiger partial charge in [0.2, 0.25) is 0 Å². The predicted molar refractivity (Wildman–Crippen MR) is 93.1 cm³/mol. The minimum absolute atomic E-state index is 0.0390. The SMILES string of the molecule is COc1ccc(OC(C)C(=O)N(Cc2ccccc2)C2CC2)cc1. The van der Waals surface area contributed by atoms with Crippen LogP contribution in [0, 0.1) is 0 Å². The molecular weight excluding hydrogens is 302 g/mol. The first-order valence-electron chi connectivity index (χ1n) is 8.32. The fourth-order valence-corrected chi connectivity index (χ4v) is 2.70.